The number of thioether (sulfide) groups is 1. The van der Waals surface area contributed by atoms with Gasteiger partial charge in [0.25, 0.3) is 0 Å². The Morgan fingerprint density at radius 1 is 0.833 bits per heavy atom. The van der Waals surface area contributed by atoms with E-state index in [0.29, 0.717) is 0 Å². The molecule has 0 bridgehead atoms. The van der Waals surface area contributed by atoms with Crippen LogP contribution in [0.3, 0.4) is 0 Å². The molecule has 3 aromatic carbocycles. The molecule has 2 aliphatic rings. The number of nitrogens with zero attached hydrogens (tertiary/aromatic N) is 1. The Morgan fingerprint density at radius 2 is 1.25 bits per heavy atom. The van der Waals surface area contributed by atoms with Crippen LogP contribution in [-0.2, 0) is 23.9 Å². The van der Waals surface area contributed by atoms with Gasteiger partial charge in [0.1, 0.15) is 17.2 Å². The van der Waals surface area contributed by atoms with E-state index in [9.17, 15) is 9.36 Å². The van der Waals surface area contributed by atoms with Crippen LogP contribution in [0.2, 0.25) is 0 Å². The van der Waals surface area contributed by atoms with E-state index in [-0.39, 0.29) is 11.3 Å². The van der Waals surface area contributed by atoms with Crippen molar-refractivity contribution in [2.45, 2.75) is 41.3 Å². The van der Waals surface area contributed by atoms with Gasteiger partial charge in [-0.05, 0) is 30.5 Å². The van der Waals surface area contributed by atoms with Crippen LogP contribution in [0, 0.1) is 0 Å². The Labute approximate surface area is 216 Å². The zero-order valence-corrected chi connectivity index (χ0v) is 22.5. The monoisotopic (exact) mass is 522 g/mol. The van der Waals surface area contributed by atoms with Crippen LogP contribution in [0.5, 0.6) is 0 Å². The van der Waals surface area contributed by atoms with Crippen LogP contribution in [0.15, 0.2) is 91.0 Å². The van der Waals surface area contributed by atoms with Crippen LogP contribution >= 0.6 is 19.4 Å². The Morgan fingerprint density at radius 3 is 1.64 bits per heavy atom. The topological polar surface area (TPSA) is 67.9 Å². The van der Waals surface area contributed by atoms with Crippen molar-refractivity contribution in [2.75, 3.05) is 14.2 Å². The van der Waals surface area contributed by atoms with Gasteiger partial charge in [-0.25, -0.2) is 0 Å². The van der Waals surface area contributed by atoms with E-state index in [4.69, 9.17) is 9.05 Å². The van der Waals surface area contributed by atoms with E-state index < -0.39 is 29.7 Å². The zero-order valence-electron chi connectivity index (χ0n) is 20.8. The van der Waals surface area contributed by atoms with Crippen molar-refractivity contribution in [3.8, 4) is 0 Å². The van der Waals surface area contributed by atoms with E-state index >= 15 is 0 Å². The van der Waals surface area contributed by atoms with Gasteiger partial charge in [-0.15, -0.1) is 11.8 Å². The smallest absolute Gasteiger partial charge is 0.311 e. The number of amides is 1. The third-order valence-electron chi connectivity index (χ3n) is 7.19. The van der Waals surface area contributed by atoms with E-state index in [1.807, 2.05) is 68.4 Å². The zero-order chi connectivity index (χ0) is 25.6. The standard InChI is InChI=1S/C28H31N2O4PS/c1-27(2)26(35(32,33-3)34-4)30-24(31)23(25(30)36-27)29-28(20-14-8-5-9-15-20,21-16-10-6-11-17-21)22-18-12-7-13-19-22/h5-19,23,25-26,29H,1-4H3/t23?,25-,26?/m0/s1. The molecule has 0 saturated carbocycles. The first-order valence-corrected chi connectivity index (χ1v) is 14.4. The molecule has 1 N–H and O–H groups in total. The lowest BCUT2D eigenvalue weighted by atomic mass is 9.76. The molecule has 3 aromatic rings. The number of nitrogens with one attached hydrogen (secondary N) is 1. The quantitative estimate of drug-likeness (QED) is 0.241. The van der Waals surface area contributed by atoms with Gasteiger partial charge < -0.3 is 13.9 Å². The van der Waals surface area contributed by atoms with Crippen molar-refractivity contribution in [2.24, 2.45) is 0 Å². The number of hydrogen-bond donors (Lipinski definition) is 1. The molecular weight excluding hydrogens is 491 g/mol. The summed E-state index contributed by atoms with van der Waals surface area (Å²) in [7, 11) is -0.768. The molecule has 8 heteroatoms. The van der Waals surface area contributed by atoms with Crippen molar-refractivity contribution >= 4 is 25.3 Å². The van der Waals surface area contributed by atoms with Crippen LogP contribution in [0.4, 0.5) is 0 Å². The molecule has 2 saturated heterocycles. The summed E-state index contributed by atoms with van der Waals surface area (Å²) < 4.78 is 23.7. The molecule has 0 radical (unpaired) electrons. The van der Waals surface area contributed by atoms with E-state index in [2.05, 4.69) is 41.7 Å². The summed E-state index contributed by atoms with van der Waals surface area (Å²) in [5.41, 5.74) is 2.33. The van der Waals surface area contributed by atoms with Crippen LogP contribution in [0.25, 0.3) is 0 Å². The lowest BCUT2D eigenvalue weighted by Crippen LogP contribution is -2.71. The summed E-state index contributed by atoms with van der Waals surface area (Å²) in [5, 5.41) is 3.58. The molecule has 2 fully saturated rings. The molecule has 2 heterocycles. The Kier molecular flexibility index (Phi) is 6.64. The first-order chi connectivity index (χ1) is 17.3. The summed E-state index contributed by atoms with van der Waals surface area (Å²) in [5.74, 6) is -0.773. The predicted molar refractivity (Wildman–Crippen MR) is 144 cm³/mol. The molecular formula is C28H31N2O4PS. The highest BCUT2D eigenvalue weighted by molar-refractivity contribution is 8.02. The van der Waals surface area contributed by atoms with Gasteiger partial charge in [0.05, 0.1) is 5.54 Å². The predicted octanol–water partition coefficient (Wildman–Crippen LogP) is 5.44. The minimum absolute atomic E-state index is 0.107. The van der Waals surface area contributed by atoms with Crippen LogP contribution in [-0.4, -0.2) is 47.0 Å². The number of benzene rings is 3. The summed E-state index contributed by atoms with van der Waals surface area (Å²) in [4.78, 5) is 15.5. The molecule has 3 atom stereocenters. The molecule has 2 unspecified atom stereocenters. The molecule has 6 nitrogen and oxygen atoms in total. The highest BCUT2D eigenvalue weighted by atomic mass is 32.2. The molecule has 2 aliphatic heterocycles. The molecule has 188 valence electrons. The van der Waals surface area contributed by atoms with Crippen molar-refractivity contribution in [1.82, 2.24) is 10.2 Å². The molecule has 36 heavy (non-hydrogen) atoms. The van der Waals surface area contributed by atoms with Gasteiger partial charge in [-0.3, -0.25) is 14.7 Å². The van der Waals surface area contributed by atoms with Gasteiger partial charge in [0.15, 0.2) is 0 Å². The average molecular weight is 523 g/mol. The highest BCUT2D eigenvalue weighted by Gasteiger charge is 2.68. The third kappa shape index (κ3) is 3.85. The summed E-state index contributed by atoms with van der Waals surface area (Å²) in [6.45, 7) is 3.99. The van der Waals surface area contributed by atoms with E-state index in [1.165, 1.54) is 14.2 Å². The first kappa shape index (κ1) is 25.2. The fourth-order valence-corrected chi connectivity index (χ4v) is 9.62. The van der Waals surface area contributed by atoms with Gasteiger partial charge in [0.2, 0.25) is 5.91 Å². The van der Waals surface area contributed by atoms with Crippen molar-refractivity contribution in [3.05, 3.63) is 108 Å². The first-order valence-electron chi connectivity index (χ1n) is 11.9. The van der Waals surface area contributed by atoms with Crippen molar-refractivity contribution in [1.29, 1.82) is 0 Å². The minimum atomic E-state index is -3.53. The number of rotatable bonds is 8. The number of carbonyl (C=O) groups is 1. The highest BCUT2D eigenvalue weighted by Crippen LogP contribution is 2.66. The molecule has 0 aromatic heterocycles. The molecule has 0 spiro atoms. The second-order valence-electron chi connectivity index (χ2n) is 9.61. The van der Waals surface area contributed by atoms with Crippen molar-refractivity contribution < 1.29 is 18.4 Å². The third-order valence-corrected chi connectivity index (χ3v) is 11.4. The Bertz CT molecular complexity index is 1170. The Balaban J connectivity index is 1.62. The molecule has 5 rings (SSSR count). The maximum Gasteiger partial charge on any atom is 0.353 e. The summed E-state index contributed by atoms with van der Waals surface area (Å²) in [6, 6.07) is 30.1. The SMILES string of the molecule is COP(=O)(OC)C1N2C(=O)C(NC(c3ccccc3)(c3ccccc3)c3ccccc3)[C@@H]2SC1(C)C. The number of hydrogen-bond acceptors (Lipinski definition) is 6. The normalized spacial score (nSPS) is 23.3. The van der Waals surface area contributed by atoms with Crippen LogP contribution in [0.1, 0.15) is 30.5 Å². The fourth-order valence-electron chi connectivity index (χ4n) is 5.57. The number of carbonyl (C=O) groups excluding carboxylic acids is 1. The van der Waals surface area contributed by atoms with Crippen molar-refractivity contribution in [3.63, 3.8) is 0 Å². The largest absolute Gasteiger partial charge is 0.353 e. The van der Waals surface area contributed by atoms with Gasteiger partial charge in [-0.1, -0.05) is 91.0 Å². The van der Waals surface area contributed by atoms with Crippen LogP contribution < -0.4 is 5.32 Å². The molecule has 0 aliphatic carbocycles. The van der Waals surface area contributed by atoms with Gasteiger partial charge >= 0.3 is 7.60 Å². The molecule has 1 amide bonds. The van der Waals surface area contributed by atoms with E-state index in [0.717, 1.165) is 16.7 Å². The minimum Gasteiger partial charge on any atom is -0.311 e. The van der Waals surface area contributed by atoms with E-state index in [1.54, 1.807) is 16.7 Å². The van der Waals surface area contributed by atoms with Gasteiger partial charge in [-0.2, -0.15) is 0 Å². The Hall–Kier alpha value is -2.41. The summed E-state index contributed by atoms with van der Waals surface area (Å²) in [6.07, 6.45) is 0. The lowest BCUT2D eigenvalue weighted by Gasteiger charge is -2.50. The number of fused-ring (bicyclic) bond motifs is 1. The second-order valence-corrected chi connectivity index (χ2v) is 13.7. The van der Waals surface area contributed by atoms with Gasteiger partial charge in [0, 0.05) is 19.0 Å². The maximum atomic E-state index is 13.8. The fraction of sp³-hybridized carbons (Fsp3) is 0.321. The lowest BCUT2D eigenvalue weighted by molar-refractivity contribution is -0.147. The second kappa shape index (κ2) is 9.47. The maximum absolute atomic E-state index is 13.8. The number of β-lactam (4-membered cyclic amide) rings is 1. The summed E-state index contributed by atoms with van der Waals surface area (Å²) >= 11 is 1.63. The average Bonchev–Trinajstić information content (AvgIpc) is 3.18.